The fourth-order valence-corrected chi connectivity index (χ4v) is 12.6. The van der Waals surface area contributed by atoms with E-state index < -0.39 is 0 Å². The number of aliphatic hydroxyl groups excluding tert-OH is 1. The van der Waals surface area contributed by atoms with Crippen LogP contribution in [-0.2, 0) is 4.79 Å². The molecule has 0 aromatic carbocycles. The molecule has 208 valence electrons. The Morgan fingerprint density at radius 1 is 0.892 bits per heavy atom. The molecule has 6 aliphatic rings. The number of aliphatic hydroxyl groups is 1. The molecule has 0 heterocycles. The van der Waals surface area contributed by atoms with Gasteiger partial charge in [0.2, 0.25) is 5.91 Å². The molecule has 0 radical (unpaired) electrons. The topological polar surface area (TPSA) is 49.3 Å². The van der Waals surface area contributed by atoms with Gasteiger partial charge in [0.1, 0.15) is 0 Å². The Balaban J connectivity index is 1.31. The minimum absolute atomic E-state index is 0.0123. The number of amides is 1. The maximum absolute atomic E-state index is 13.5. The van der Waals surface area contributed by atoms with Gasteiger partial charge in [-0.2, -0.15) is 0 Å². The van der Waals surface area contributed by atoms with Crippen molar-refractivity contribution < 1.29 is 9.90 Å². The molecule has 6 rings (SSSR count). The van der Waals surface area contributed by atoms with Gasteiger partial charge in [-0.05, 0) is 134 Å². The van der Waals surface area contributed by atoms with Crippen LogP contribution < -0.4 is 5.32 Å². The second-order valence-corrected chi connectivity index (χ2v) is 17.0. The Morgan fingerprint density at radius 3 is 2.22 bits per heavy atom. The Hall–Kier alpha value is -0.400. The van der Waals surface area contributed by atoms with E-state index in [0.717, 1.165) is 25.2 Å². The summed E-state index contributed by atoms with van der Waals surface area (Å²) in [6.07, 6.45) is 11.8. The number of rotatable bonds is 3. The predicted molar refractivity (Wildman–Crippen MR) is 155 cm³/mol. The normalized spacial score (nSPS) is 55.8. The van der Waals surface area contributed by atoms with Gasteiger partial charge < -0.3 is 10.4 Å². The first-order chi connectivity index (χ1) is 17.3. The molecule has 0 saturated heterocycles. The van der Waals surface area contributed by atoms with Crippen molar-refractivity contribution in [2.24, 2.45) is 63.1 Å². The number of carbonyl (C=O) groups excluding carboxylic acids is 1. The van der Waals surface area contributed by atoms with Crippen LogP contribution in [0.5, 0.6) is 0 Å². The summed E-state index contributed by atoms with van der Waals surface area (Å²) in [4.78, 5) is 13.5. The summed E-state index contributed by atoms with van der Waals surface area (Å²) in [6.45, 7) is 19.4. The first-order valence-electron chi connectivity index (χ1n) is 15.6. The highest BCUT2D eigenvalue weighted by atomic mass is 31.0. The van der Waals surface area contributed by atoms with Crippen LogP contribution in [-0.4, -0.2) is 28.8 Å². The van der Waals surface area contributed by atoms with Crippen LogP contribution >= 0.6 is 9.24 Å². The van der Waals surface area contributed by atoms with Gasteiger partial charge >= 0.3 is 0 Å². The van der Waals surface area contributed by atoms with Crippen molar-refractivity contribution in [2.75, 3.05) is 0 Å². The van der Waals surface area contributed by atoms with Crippen molar-refractivity contribution in [3.05, 3.63) is 12.2 Å². The average molecular weight is 528 g/mol. The highest BCUT2D eigenvalue weighted by molar-refractivity contribution is 7.18. The van der Waals surface area contributed by atoms with Crippen molar-refractivity contribution in [1.29, 1.82) is 0 Å². The third-order valence-electron chi connectivity index (χ3n) is 14.5. The average Bonchev–Trinajstić information content (AvgIpc) is 3.35. The third-order valence-corrected chi connectivity index (χ3v) is 15.2. The summed E-state index contributed by atoms with van der Waals surface area (Å²) in [5, 5.41) is 14.4. The standard InChI is InChI=1S/C33H54NO2P/c1-18(2)20-16-21(29(36)34-23-17-24(23)37)19-10-14-32(6)22(28(19)20)8-9-26-31(5)13-12-27(35)30(3,4)25(31)11-15-33(26,32)7/h19-28,35H,1,8-17,37H2,2-7H3,(H,34,36)/t19?,20-,21+,22+,23?,24?,25-,26+,27-,28+,31-,32+,33+/m0/s1. The van der Waals surface area contributed by atoms with E-state index in [4.69, 9.17) is 0 Å². The first kappa shape index (κ1) is 26.8. The summed E-state index contributed by atoms with van der Waals surface area (Å²) < 4.78 is 0. The molecular weight excluding hydrogens is 473 g/mol. The first-order valence-corrected chi connectivity index (χ1v) is 16.3. The van der Waals surface area contributed by atoms with Gasteiger partial charge in [-0.1, -0.05) is 46.8 Å². The smallest absolute Gasteiger partial charge is 0.223 e. The van der Waals surface area contributed by atoms with Gasteiger partial charge in [-0.15, -0.1) is 9.24 Å². The van der Waals surface area contributed by atoms with E-state index in [1.54, 1.807) is 0 Å². The van der Waals surface area contributed by atoms with Crippen LogP contribution in [0.25, 0.3) is 0 Å². The number of hydrogen-bond donors (Lipinski definition) is 2. The molecule has 3 nitrogen and oxygen atoms in total. The third kappa shape index (κ3) is 3.60. The van der Waals surface area contributed by atoms with Crippen LogP contribution in [0, 0.1) is 63.1 Å². The SMILES string of the molecule is C=C(C)[C@@H]1C[C@@H](C(=O)NC2CC2P)C2CC[C@]3(C)[C@H](CC[C@@H]4[C@@]5(C)CC[C@H](O)C(C)(C)[C@@H]5CC[C@]43C)[C@H]21. The van der Waals surface area contributed by atoms with Crippen LogP contribution in [0.3, 0.4) is 0 Å². The lowest BCUT2D eigenvalue weighted by molar-refractivity contribution is -0.241. The van der Waals surface area contributed by atoms with Gasteiger partial charge in [0.25, 0.3) is 0 Å². The minimum atomic E-state index is -0.160. The van der Waals surface area contributed by atoms with E-state index >= 15 is 0 Å². The Kier molecular flexibility index (Phi) is 6.19. The summed E-state index contributed by atoms with van der Waals surface area (Å²) >= 11 is 0. The Morgan fingerprint density at radius 2 is 1.57 bits per heavy atom. The van der Waals surface area contributed by atoms with Crippen molar-refractivity contribution in [3.63, 3.8) is 0 Å². The van der Waals surface area contributed by atoms with Crippen LogP contribution in [0.2, 0.25) is 0 Å². The van der Waals surface area contributed by atoms with Gasteiger partial charge in [0.05, 0.1) is 6.10 Å². The number of carbonyl (C=O) groups is 1. The van der Waals surface area contributed by atoms with Crippen LogP contribution in [0.1, 0.15) is 106 Å². The largest absolute Gasteiger partial charge is 0.393 e. The second-order valence-electron chi connectivity index (χ2n) is 16.1. The van der Waals surface area contributed by atoms with Crippen molar-refractivity contribution in [2.45, 2.75) is 124 Å². The van der Waals surface area contributed by atoms with Crippen molar-refractivity contribution >= 4 is 15.1 Å². The fourth-order valence-electron chi connectivity index (χ4n) is 12.2. The molecule has 6 fully saturated rings. The molecule has 0 aromatic heterocycles. The molecule has 0 aromatic rings. The molecule has 1 amide bonds. The molecule has 0 bridgehead atoms. The van der Waals surface area contributed by atoms with E-state index in [9.17, 15) is 9.90 Å². The molecule has 37 heavy (non-hydrogen) atoms. The summed E-state index contributed by atoms with van der Waals surface area (Å²) in [7, 11) is 2.89. The molecule has 0 spiro atoms. The minimum Gasteiger partial charge on any atom is -0.393 e. The number of fused-ring (bicyclic) bond motifs is 7. The van der Waals surface area contributed by atoms with E-state index in [1.807, 2.05) is 0 Å². The zero-order chi connectivity index (χ0) is 26.7. The van der Waals surface area contributed by atoms with Crippen molar-refractivity contribution in [3.8, 4) is 0 Å². The molecule has 6 aliphatic carbocycles. The summed E-state index contributed by atoms with van der Waals surface area (Å²) in [5.74, 6) is 4.20. The van der Waals surface area contributed by atoms with E-state index in [-0.39, 0.29) is 17.4 Å². The van der Waals surface area contributed by atoms with Gasteiger partial charge in [0, 0.05) is 12.0 Å². The highest BCUT2D eigenvalue weighted by Gasteiger charge is 2.69. The van der Waals surface area contributed by atoms with Crippen LogP contribution in [0.4, 0.5) is 0 Å². The van der Waals surface area contributed by atoms with Gasteiger partial charge in [-0.25, -0.2) is 0 Å². The Labute approximate surface area is 229 Å². The second kappa shape index (κ2) is 8.55. The summed E-state index contributed by atoms with van der Waals surface area (Å²) in [5.41, 5.74) is 2.89. The zero-order valence-corrected chi connectivity index (χ0v) is 25.6. The fraction of sp³-hybridized carbons (Fsp3) is 0.909. The lowest BCUT2D eigenvalue weighted by atomic mass is 9.33. The number of nitrogens with one attached hydrogen (secondary N) is 1. The van der Waals surface area contributed by atoms with E-state index in [2.05, 4.69) is 62.7 Å². The lowest BCUT2D eigenvalue weighted by Crippen LogP contribution is -2.66. The molecule has 0 aliphatic heterocycles. The van der Waals surface area contributed by atoms with Gasteiger partial charge in [-0.3, -0.25) is 4.79 Å². The van der Waals surface area contributed by atoms with Gasteiger partial charge in [0.15, 0.2) is 0 Å². The van der Waals surface area contributed by atoms with Crippen LogP contribution in [0.15, 0.2) is 12.2 Å². The molecule has 4 unspecified atom stereocenters. The quantitative estimate of drug-likeness (QED) is 0.307. The van der Waals surface area contributed by atoms with E-state index in [1.165, 1.54) is 50.5 Å². The van der Waals surface area contributed by atoms with E-state index in [0.29, 0.717) is 63.4 Å². The lowest BCUT2D eigenvalue weighted by Gasteiger charge is -2.72. The monoisotopic (exact) mass is 527 g/mol. The molecule has 6 saturated carbocycles. The number of allylic oxidation sites excluding steroid dienone is 1. The highest BCUT2D eigenvalue weighted by Crippen LogP contribution is 2.76. The summed E-state index contributed by atoms with van der Waals surface area (Å²) in [6, 6.07) is 0.386. The molecule has 4 heteroatoms. The maximum Gasteiger partial charge on any atom is 0.223 e. The maximum atomic E-state index is 13.5. The Bertz CT molecular complexity index is 977. The molecule has 2 N–H and O–H groups in total. The predicted octanol–water partition coefficient (Wildman–Crippen LogP) is 6.99. The zero-order valence-electron chi connectivity index (χ0n) is 24.5. The van der Waals surface area contributed by atoms with Crippen molar-refractivity contribution in [1.82, 2.24) is 5.32 Å². The molecular formula is C33H54NO2P. The number of hydrogen-bond acceptors (Lipinski definition) is 2. The molecule has 14 atom stereocenters.